The van der Waals surface area contributed by atoms with Gasteiger partial charge in [-0.1, -0.05) is 11.6 Å². The van der Waals surface area contributed by atoms with Gasteiger partial charge in [-0.25, -0.2) is 8.78 Å². The van der Waals surface area contributed by atoms with Crippen molar-refractivity contribution < 1.29 is 13.6 Å². The van der Waals surface area contributed by atoms with E-state index in [2.05, 4.69) is 0 Å². The second-order valence-electron chi connectivity index (χ2n) is 3.44. The van der Waals surface area contributed by atoms with Gasteiger partial charge in [0.25, 0.3) is 0 Å². The Morgan fingerprint density at radius 3 is 2.65 bits per heavy atom. The van der Waals surface area contributed by atoms with Gasteiger partial charge in [-0.2, -0.15) is 0 Å². The Labute approximate surface area is 106 Å². The highest BCUT2D eigenvalue weighted by atomic mass is 35.5. The average molecular weight is 273 g/mol. The summed E-state index contributed by atoms with van der Waals surface area (Å²) in [5.41, 5.74) is 0.0551. The standard InChI is InChI=1S/C12H7ClF2OS/c13-12-4-3-11(17-12)10(16)6-7-5-8(14)1-2-9(7)15/h1-5H,6H2. The summed E-state index contributed by atoms with van der Waals surface area (Å²) in [6, 6.07) is 6.24. The van der Waals surface area contributed by atoms with Crippen LogP contribution in [0.3, 0.4) is 0 Å². The summed E-state index contributed by atoms with van der Waals surface area (Å²) in [6.45, 7) is 0. The maximum absolute atomic E-state index is 13.3. The molecular weight excluding hydrogens is 266 g/mol. The summed E-state index contributed by atoms with van der Waals surface area (Å²) in [6.07, 6.45) is -0.166. The molecule has 0 spiro atoms. The highest BCUT2D eigenvalue weighted by Crippen LogP contribution is 2.23. The van der Waals surface area contributed by atoms with Crippen LogP contribution in [-0.2, 0) is 6.42 Å². The fourth-order valence-electron chi connectivity index (χ4n) is 1.40. The molecule has 0 aliphatic carbocycles. The molecule has 1 nitrogen and oxygen atoms in total. The topological polar surface area (TPSA) is 17.1 Å². The number of thiophene rings is 1. The first kappa shape index (κ1) is 12.2. The molecule has 0 unspecified atom stereocenters. The van der Waals surface area contributed by atoms with Gasteiger partial charge in [0.1, 0.15) is 11.6 Å². The highest BCUT2D eigenvalue weighted by Gasteiger charge is 2.13. The van der Waals surface area contributed by atoms with Crippen LogP contribution in [-0.4, -0.2) is 5.78 Å². The van der Waals surface area contributed by atoms with E-state index in [1.165, 1.54) is 0 Å². The number of ketones is 1. The molecule has 0 aliphatic heterocycles. The lowest BCUT2D eigenvalue weighted by Crippen LogP contribution is -2.03. The monoisotopic (exact) mass is 272 g/mol. The van der Waals surface area contributed by atoms with Crippen LogP contribution >= 0.6 is 22.9 Å². The first-order valence-corrected chi connectivity index (χ1v) is 5.98. The third-order valence-corrected chi connectivity index (χ3v) is 3.48. The van der Waals surface area contributed by atoms with Crippen LogP contribution in [0.1, 0.15) is 15.2 Å². The zero-order valence-electron chi connectivity index (χ0n) is 8.54. The number of hydrogen-bond acceptors (Lipinski definition) is 2. The minimum Gasteiger partial charge on any atom is -0.293 e. The van der Waals surface area contributed by atoms with Gasteiger partial charge in [0.2, 0.25) is 0 Å². The number of carbonyl (C=O) groups excluding carboxylic acids is 1. The number of rotatable bonds is 3. The van der Waals surface area contributed by atoms with E-state index in [0.29, 0.717) is 9.21 Å². The van der Waals surface area contributed by atoms with E-state index in [9.17, 15) is 13.6 Å². The number of halogens is 3. The van der Waals surface area contributed by atoms with Gasteiger partial charge >= 0.3 is 0 Å². The lowest BCUT2D eigenvalue weighted by molar-refractivity contribution is 0.0995. The Morgan fingerprint density at radius 2 is 2.00 bits per heavy atom. The largest absolute Gasteiger partial charge is 0.293 e. The molecule has 2 aromatic rings. The molecule has 0 bridgehead atoms. The third kappa shape index (κ3) is 2.90. The van der Waals surface area contributed by atoms with Crippen molar-refractivity contribution in [2.75, 3.05) is 0 Å². The molecular formula is C12H7ClF2OS. The summed E-state index contributed by atoms with van der Waals surface area (Å²) in [7, 11) is 0. The minimum absolute atomic E-state index is 0.0551. The molecule has 0 atom stereocenters. The predicted molar refractivity (Wildman–Crippen MR) is 63.7 cm³/mol. The van der Waals surface area contributed by atoms with Crippen LogP contribution in [0, 0.1) is 11.6 Å². The molecule has 5 heteroatoms. The molecule has 0 fully saturated rings. The van der Waals surface area contributed by atoms with Crippen LogP contribution in [0.2, 0.25) is 4.34 Å². The van der Waals surface area contributed by atoms with E-state index in [0.717, 1.165) is 29.5 Å². The Morgan fingerprint density at radius 1 is 1.24 bits per heavy atom. The Hall–Kier alpha value is -1.26. The number of hydrogen-bond donors (Lipinski definition) is 0. The van der Waals surface area contributed by atoms with Crippen molar-refractivity contribution in [2.45, 2.75) is 6.42 Å². The van der Waals surface area contributed by atoms with Gasteiger partial charge < -0.3 is 0 Å². The van der Waals surface area contributed by atoms with Crippen molar-refractivity contribution >= 4 is 28.7 Å². The molecule has 0 radical (unpaired) electrons. The Bertz CT molecular complexity index is 565. The van der Waals surface area contributed by atoms with Crippen LogP contribution < -0.4 is 0 Å². The minimum atomic E-state index is -0.581. The SMILES string of the molecule is O=C(Cc1cc(F)ccc1F)c1ccc(Cl)s1. The quantitative estimate of drug-likeness (QED) is 0.769. The fourth-order valence-corrected chi connectivity index (χ4v) is 2.38. The van der Waals surface area contributed by atoms with E-state index in [1.54, 1.807) is 12.1 Å². The van der Waals surface area contributed by atoms with Gasteiger partial charge in [0, 0.05) is 6.42 Å². The van der Waals surface area contributed by atoms with Crippen LogP contribution in [0.25, 0.3) is 0 Å². The second kappa shape index (κ2) is 4.94. The summed E-state index contributed by atoms with van der Waals surface area (Å²) in [5.74, 6) is -1.41. The highest BCUT2D eigenvalue weighted by molar-refractivity contribution is 7.18. The maximum Gasteiger partial charge on any atom is 0.177 e. The fraction of sp³-hybridized carbons (Fsp3) is 0.0833. The van der Waals surface area contributed by atoms with Gasteiger partial charge in [-0.05, 0) is 35.9 Å². The molecule has 0 N–H and O–H groups in total. The van der Waals surface area contributed by atoms with Crippen molar-refractivity contribution in [3.63, 3.8) is 0 Å². The van der Waals surface area contributed by atoms with Crippen LogP contribution in [0.15, 0.2) is 30.3 Å². The molecule has 0 saturated heterocycles. The van der Waals surface area contributed by atoms with Crippen molar-refractivity contribution in [3.8, 4) is 0 Å². The van der Waals surface area contributed by atoms with Gasteiger partial charge in [0.15, 0.2) is 5.78 Å². The zero-order valence-corrected chi connectivity index (χ0v) is 10.1. The van der Waals surface area contributed by atoms with E-state index >= 15 is 0 Å². The lowest BCUT2D eigenvalue weighted by atomic mass is 10.1. The van der Waals surface area contributed by atoms with Crippen LogP contribution in [0.5, 0.6) is 0 Å². The molecule has 2 rings (SSSR count). The first-order valence-electron chi connectivity index (χ1n) is 4.79. The van der Waals surface area contributed by atoms with Gasteiger partial charge in [-0.15, -0.1) is 11.3 Å². The average Bonchev–Trinajstić information content (AvgIpc) is 2.70. The van der Waals surface area contributed by atoms with Crippen LogP contribution in [0.4, 0.5) is 8.78 Å². The second-order valence-corrected chi connectivity index (χ2v) is 5.15. The van der Waals surface area contributed by atoms with E-state index < -0.39 is 11.6 Å². The molecule has 1 aromatic heterocycles. The zero-order chi connectivity index (χ0) is 12.4. The summed E-state index contributed by atoms with van der Waals surface area (Å²) in [4.78, 5) is 12.2. The molecule has 0 aliphatic rings. The van der Waals surface area contributed by atoms with E-state index in [4.69, 9.17) is 11.6 Å². The molecule has 0 saturated carbocycles. The Kier molecular flexibility index (Phi) is 3.54. The summed E-state index contributed by atoms with van der Waals surface area (Å²) < 4.78 is 26.7. The molecule has 88 valence electrons. The van der Waals surface area contributed by atoms with Crippen molar-refractivity contribution in [2.24, 2.45) is 0 Å². The normalized spacial score (nSPS) is 10.5. The van der Waals surface area contributed by atoms with E-state index in [-0.39, 0.29) is 17.8 Å². The van der Waals surface area contributed by atoms with Gasteiger partial charge in [-0.3, -0.25) is 4.79 Å². The molecule has 1 aromatic carbocycles. The number of benzene rings is 1. The van der Waals surface area contributed by atoms with Crippen molar-refractivity contribution in [1.82, 2.24) is 0 Å². The van der Waals surface area contributed by atoms with Gasteiger partial charge in [0.05, 0.1) is 9.21 Å². The predicted octanol–water partition coefficient (Wildman–Crippen LogP) is 4.11. The summed E-state index contributed by atoms with van der Waals surface area (Å²) in [5, 5.41) is 0. The van der Waals surface area contributed by atoms with Crippen molar-refractivity contribution in [1.29, 1.82) is 0 Å². The Balaban J connectivity index is 2.21. The van der Waals surface area contributed by atoms with Crippen molar-refractivity contribution in [3.05, 3.63) is 56.7 Å². The number of carbonyl (C=O) groups is 1. The third-order valence-electron chi connectivity index (χ3n) is 2.21. The molecule has 0 amide bonds. The number of Topliss-reactive ketones (excluding diaryl/α,β-unsaturated/α-hetero) is 1. The summed E-state index contributed by atoms with van der Waals surface area (Å²) >= 11 is 6.82. The molecule has 1 heterocycles. The maximum atomic E-state index is 13.3. The first-order chi connectivity index (χ1) is 8.06. The lowest BCUT2D eigenvalue weighted by Gasteiger charge is -2.01. The smallest absolute Gasteiger partial charge is 0.177 e. The van der Waals surface area contributed by atoms with E-state index in [1.807, 2.05) is 0 Å². The molecule has 17 heavy (non-hydrogen) atoms.